The molecule has 0 unspecified atom stereocenters. The number of nitrogens with zero attached hydrogens (tertiary/aromatic N) is 2. The molecule has 2 fully saturated rings. The minimum Gasteiger partial charge on any atom is -0.446 e. The Hall–Kier alpha value is -2.40. The summed E-state index contributed by atoms with van der Waals surface area (Å²) in [6.45, 7) is 17.7. The Balaban J connectivity index is 1.51. The number of rotatable bonds is 6. The average molecular weight is 548 g/mol. The van der Waals surface area contributed by atoms with Gasteiger partial charge in [-0.05, 0) is 79.0 Å². The number of ether oxygens (including phenoxy) is 2. The molecular weight excluding hydrogens is 500 g/mol. The van der Waals surface area contributed by atoms with Crippen LogP contribution in [0.1, 0.15) is 97.8 Å². The summed E-state index contributed by atoms with van der Waals surface area (Å²) in [5, 5.41) is 31.1. The number of carbonyl (C=O) groups excluding carboxylic acids is 2. The smallest absolute Gasteiger partial charge is 0.407 e. The molecule has 2 saturated heterocycles. The molecule has 0 saturated carbocycles. The molecule has 10 nitrogen and oxygen atoms in total. The standard InChI is InChI=1S/C29H47N4O6/c1-19-10-11-20(17-30-24(34)38-22-13-26(2,3)32(36)27(4,5)14-22)12-21(19)18-31-25(35)39-23-15-28(6,7)33(37)29(8,9)16-23/h10-12,22-23,37H,13-18H2,1-9H3,(H,30,34)(H,31,35). The van der Waals surface area contributed by atoms with E-state index in [1.54, 1.807) is 0 Å². The first-order valence-electron chi connectivity index (χ1n) is 13.8. The fraction of sp³-hybridized carbons (Fsp3) is 0.724. The van der Waals surface area contributed by atoms with Gasteiger partial charge in [0.15, 0.2) is 0 Å². The number of piperidine rings is 2. The molecule has 0 spiro atoms. The average Bonchev–Trinajstić information content (AvgIpc) is 2.78. The van der Waals surface area contributed by atoms with Gasteiger partial charge in [-0.25, -0.2) is 9.59 Å². The first-order valence-corrected chi connectivity index (χ1v) is 13.8. The maximum absolute atomic E-state index is 12.6. The molecule has 0 atom stereocenters. The number of hydrogen-bond acceptors (Lipinski definition) is 7. The molecule has 1 aromatic rings. The number of hydroxylamine groups is 4. The van der Waals surface area contributed by atoms with Crippen molar-refractivity contribution in [3.8, 4) is 0 Å². The van der Waals surface area contributed by atoms with Crippen molar-refractivity contribution in [3.05, 3.63) is 34.9 Å². The van der Waals surface area contributed by atoms with E-state index in [2.05, 4.69) is 10.6 Å². The van der Waals surface area contributed by atoms with Crippen LogP contribution < -0.4 is 10.6 Å². The lowest BCUT2D eigenvalue weighted by Gasteiger charge is -2.50. The largest absolute Gasteiger partial charge is 0.446 e. The van der Waals surface area contributed by atoms with Crippen molar-refractivity contribution in [1.29, 1.82) is 0 Å². The summed E-state index contributed by atoms with van der Waals surface area (Å²) in [6.07, 6.45) is 0.329. The van der Waals surface area contributed by atoms with Crippen LogP contribution in [0, 0.1) is 6.92 Å². The maximum atomic E-state index is 12.6. The molecule has 2 aliphatic heterocycles. The summed E-state index contributed by atoms with van der Waals surface area (Å²) in [6, 6.07) is 5.81. The van der Waals surface area contributed by atoms with Gasteiger partial charge in [-0.3, -0.25) is 0 Å². The van der Waals surface area contributed by atoms with E-state index < -0.39 is 34.3 Å². The third kappa shape index (κ3) is 7.63. The summed E-state index contributed by atoms with van der Waals surface area (Å²) in [7, 11) is 0. The SMILES string of the molecule is Cc1ccc(CNC(=O)OC2CC(C)(C)N([O])C(C)(C)C2)cc1CNC(=O)OC1CC(C)(C)N(O)C(C)(C)C1. The second-order valence-electron chi connectivity index (χ2n) is 13.7. The molecule has 1 aromatic carbocycles. The van der Waals surface area contributed by atoms with E-state index in [1.807, 2.05) is 80.5 Å². The predicted octanol–water partition coefficient (Wildman–Crippen LogP) is 5.23. The molecular formula is C29H47N4O6. The number of benzene rings is 1. The highest BCUT2D eigenvalue weighted by molar-refractivity contribution is 5.68. The number of alkyl carbamates (subject to hydrolysis) is 2. The number of hydrogen-bond donors (Lipinski definition) is 3. The van der Waals surface area contributed by atoms with Crippen LogP contribution in [0.3, 0.4) is 0 Å². The molecule has 0 aliphatic carbocycles. The number of aryl methyl sites for hydroxylation is 1. The lowest BCUT2D eigenvalue weighted by Crippen LogP contribution is -2.60. The Morgan fingerprint density at radius 1 is 0.821 bits per heavy atom. The van der Waals surface area contributed by atoms with Crippen molar-refractivity contribution in [2.45, 2.75) is 135 Å². The van der Waals surface area contributed by atoms with Gasteiger partial charge >= 0.3 is 12.2 Å². The van der Waals surface area contributed by atoms with E-state index in [4.69, 9.17) is 9.47 Å². The number of carbonyl (C=O) groups is 2. The monoisotopic (exact) mass is 547 g/mol. The van der Waals surface area contributed by atoms with Crippen LogP contribution in [0.25, 0.3) is 0 Å². The summed E-state index contributed by atoms with van der Waals surface area (Å²) in [5.74, 6) is 0. The van der Waals surface area contributed by atoms with Crippen LogP contribution in [-0.4, -0.2) is 61.9 Å². The first-order chi connectivity index (χ1) is 17.8. The zero-order chi connectivity index (χ0) is 29.4. The molecule has 10 heteroatoms. The van der Waals surface area contributed by atoms with Gasteiger partial charge < -0.3 is 25.3 Å². The van der Waals surface area contributed by atoms with Gasteiger partial charge in [0, 0.05) is 60.9 Å². The zero-order valence-electron chi connectivity index (χ0n) is 25.0. The van der Waals surface area contributed by atoms with Crippen molar-refractivity contribution in [2.75, 3.05) is 0 Å². The van der Waals surface area contributed by atoms with Crippen LogP contribution in [-0.2, 0) is 27.8 Å². The fourth-order valence-electron chi connectivity index (χ4n) is 6.27. The minimum absolute atomic E-state index is 0.271. The van der Waals surface area contributed by atoms with Gasteiger partial charge in [-0.15, -0.1) is 10.3 Å². The number of amides is 2. The van der Waals surface area contributed by atoms with Crippen LogP contribution >= 0.6 is 0 Å². The van der Waals surface area contributed by atoms with Gasteiger partial charge in [0.25, 0.3) is 0 Å². The lowest BCUT2D eigenvalue weighted by atomic mass is 9.80. The van der Waals surface area contributed by atoms with E-state index >= 15 is 0 Å². The predicted molar refractivity (Wildman–Crippen MR) is 146 cm³/mol. The quantitative estimate of drug-likeness (QED) is 0.446. The van der Waals surface area contributed by atoms with Crippen LogP contribution in [0.2, 0.25) is 0 Å². The molecule has 2 amide bonds. The summed E-state index contributed by atoms with van der Waals surface area (Å²) in [5.41, 5.74) is 0.543. The van der Waals surface area contributed by atoms with Gasteiger partial charge in [-0.1, -0.05) is 18.2 Å². The van der Waals surface area contributed by atoms with Gasteiger partial charge in [0.2, 0.25) is 0 Å². The fourth-order valence-corrected chi connectivity index (χ4v) is 6.27. The van der Waals surface area contributed by atoms with Crippen molar-refractivity contribution < 1.29 is 29.5 Å². The molecule has 2 aliphatic rings. The van der Waals surface area contributed by atoms with E-state index in [1.165, 1.54) is 5.06 Å². The normalized spacial score (nSPS) is 23.2. The van der Waals surface area contributed by atoms with Crippen LogP contribution in [0.5, 0.6) is 0 Å². The Morgan fingerprint density at radius 3 is 1.74 bits per heavy atom. The van der Waals surface area contributed by atoms with Gasteiger partial charge in [-0.2, -0.15) is 5.06 Å². The lowest BCUT2D eigenvalue weighted by molar-refractivity contribution is -0.298. The van der Waals surface area contributed by atoms with Crippen LogP contribution in [0.4, 0.5) is 9.59 Å². The molecule has 0 aromatic heterocycles. The third-order valence-corrected chi connectivity index (χ3v) is 7.98. The molecule has 1 radical (unpaired) electrons. The van der Waals surface area contributed by atoms with Crippen molar-refractivity contribution in [3.63, 3.8) is 0 Å². The topological polar surface area (TPSA) is 123 Å². The Labute approximate surface area is 232 Å². The molecule has 3 rings (SSSR count). The summed E-state index contributed by atoms with van der Waals surface area (Å²) < 4.78 is 11.4. The molecule has 2 heterocycles. The van der Waals surface area contributed by atoms with E-state index in [0.29, 0.717) is 25.7 Å². The van der Waals surface area contributed by atoms with Crippen molar-refractivity contribution in [1.82, 2.24) is 20.8 Å². The first kappa shape index (κ1) is 31.1. The van der Waals surface area contributed by atoms with E-state index in [9.17, 15) is 20.0 Å². The zero-order valence-corrected chi connectivity index (χ0v) is 25.0. The second-order valence-corrected chi connectivity index (χ2v) is 13.7. The Bertz CT molecular complexity index is 1020. The molecule has 219 valence electrons. The highest BCUT2D eigenvalue weighted by Crippen LogP contribution is 2.39. The molecule has 39 heavy (non-hydrogen) atoms. The highest BCUT2D eigenvalue weighted by atomic mass is 16.6. The van der Waals surface area contributed by atoms with Gasteiger partial charge in [0.1, 0.15) is 12.2 Å². The Kier molecular flexibility index (Phi) is 8.97. The highest BCUT2D eigenvalue weighted by Gasteiger charge is 2.48. The maximum Gasteiger partial charge on any atom is 0.407 e. The Morgan fingerprint density at radius 2 is 1.26 bits per heavy atom. The van der Waals surface area contributed by atoms with Gasteiger partial charge in [0.05, 0.1) is 0 Å². The van der Waals surface area contributed by atoms with E-state index in [-0.39, 0.29) is 25.3 Å². The molecule has 3 N–H and O–H groups in total. The summed E-state index contributed by atoms with van der Waals surface area (Å²) in [4.78, 5) is 25.1. The van der Waals surface area contributed by atoms with E-state index in [0.717, 1.165) is 21.8 Å². The van der Waals surface area contributed by atoms with Crippen molar-refractivity contribution >= 4 is 12.2 Å². The van der Waals surface area contributed by atoms with Crippen LogP contribution in [0.15, 0.2) is 18.2 Å². The second kappa shape index (κ2) is 11.2. The summed E-state index contributed by atoms with van der Waals surface area (Å²) >= 11 is 0. The third-order valence-electron chi connectivity index (χ3n) is 7.98. The minimum atomic E-state index is -0.616. The molecule has 0 bridgehead atoms. The number of nitrogens with one attached hydrogen (secondary N) is 2. The van der Waals surface area contributed by atoms with Crippen molar-refractivity contribution in [2.24, 2.45) is 0 Å².